The van der Waals surface area contributed by atoms with Crippen LogP contribution in [0.4, 0.5) is 8.78 Å². The van der Waals surface area contributed by atoms with Crippen molar-refractivity contribution in [3.05, 3.63) is 29.3 Å². The number of likely N-dealkylation sites (tertiary alicyclic amines) is 1. The van der Waals surface area contributed by atoms with E-state index in [4.69, 9.17) is 9.47 Å². The van der Waals surface area contributed by atoms with E-state index in [0.29, 0.717) is 26.1 Å². The standard InChI is InChI=1S/C17H18F2N2O4/c1-24-11-4-3-10(18)15(19)14(11)16(23)20-7-5-17-12(20)9-13(22)21(17)6-2-8-25-17/h3-4,12H,2,5-9H2,1H3/t12-,17+/m1/s1. The molecule has 0 aromatic heterocycles. The molecule has 2 atom stereocenters. The van der Waals surface area contributed by atoms with Crippen LogP contribution < -0.4 is 4.74 Å². The number of benzene rings is 1. The van der Waals surface area contributed by atoms with Gasteiger partial charge in [-0.3, -0.25) is 9.59 Å². The van der Waals surface area contributed by atoms with Crippen molar-refractivity contribution in [3.63, 3.8) is 0 Å². The minimum Gasteiger partial charge on any atom is -0.496 e. The smallest absolute Gasteiger partial charge is 0.261 e. The van der Waals surface area contributed by atoms with Gasteiger partial charge in [-0.1, -0.05) is 0 Å². The molecule has 0 bridgehead atoms. The van der Waals surface area contributed by atoms with Crippen LogP contribution in [0, 0.1) is 11.6 Å². The molecule has 0 N–H and O–H groups in total. The summed E-state index contributed by atoms with van der Waals surface area (Å²) in [5.41, 5.74) is -1.27. The summed E-state index contributed by atoms with van der Waals surface area (Å²) in [5, 5.41) is 0. The van der Waals surface area contributed by atoms with Crippen molar-refractivity contribution in [1.82, 2.24) is 9.80 Å². The van der Waals surface area contributed by atoms with Crippen LogP contribution in [-0.2, 0) is 9.53 Å². The zero-order chi connectivity index (χ0) is 17.8. The molecule has 0 saturated carbocycles. The summed E-state index contributed by atoms with van der Waals surface area (Å²) in [5.74, 6) is -3.14. The van der Waals surface area contributed by atoms with Crippen molar-refractivity contribution in [1.29, 1.82) is 0 Å². The molecule has 8 heteroatoms. The molecule has 6 nitrogen and oxygen atoms in total. The second-order valence-corrected chi connectivity index (χ2v) is 6.50. The largest absolute Gasteiger partial charge is 0.496 e. The van der Waals surface area contributed by atoms with Crippen LogP contribution in [-0.4, -0.2) is 60.2 Å². The molecular weight excluding hydrogens is 334 g/mol. The predicted molar refractivity (Wildman–Crippen MR) is 82.0 cm³/mol. The third kappa shape index (κ3) is 2.16. The van der Waals surface area contributed by atoms with Crippen LogP contribution in [0.1, 0.15) is 29.6 Å². The van der Waals surface area contributed by atoms with Gasteiger partial charge in [0.25, 0.3) is 5.91 Å². The van der Waals surface area contributed by atoms with E-state index in [1.165, 1.54) is 18.1 Å². The molecule has 134 valence electrons. The fraction of sp³-hybridized carbons (Fsp3) is 0.529. The molecule has 4 rings (SSSR count). The molecular formula is C17H18F2N2O4. The molecule has 3 heterocycles. The number of carbonyl (C=O) groups excluding carboxylic acids is 2. The van der Waals surface area contributed by atoms with Crippen LogP contribution >= 0.6 is 0 Å². The summed E-state index contributed by atoms with van der Waals surface area (Å²) in [4.78, 5) is 28.4. The molecule has 1 spiro atoms. The number of halogens is 2. The number of carbonyl (C=O) groups is 2. The second-order valence-electron chi connectivity index (χ2n) is 6.50. The molecule has 1 aromatic rings. The van der Waals surface area contributed by atoms with Gasteiger partial charge in [0.05, 0.1) is 26.2 Å². The van der Waals surface area contributed by atoms with E-state index in [9.17, 15) is 18.4 Å². The Morgan fingerprint density at radius 1 is 1.36 bits per heavy atom. The summed E-state index contributed by atoms with van der Waals surface area (Å²) in [7, 11) is 1.29. The third-order valence-corrected chi connectivity index (χ3v) is 5.36. The Hall–Kier alpha value is -2.22. The fourth-order valence-corrected chi connectivity index (χ4v) is 4.24. The topological polar surface area (TPSA) is 59.1 Å². The number of nitrogens with zero attached hydrogens (tertiary/aromatic N) is 2. The van der Waals surface area contributed by atoms with E-state index in [-0.39, 0.29) is 18.1 Å². The van der Waals surface area contributed by atoms with E-state index < -0.39 is 34.9 Å². The Morgan fingerprint density at radius 3 is 2.92 bits per heavy atom. The van der Waals surface area contributed by atoms with Crippen molar-refractivity contribution >= 4 is 11.8 Å². The molecule has 3 fully saturated rings. The van der Waals surface area contributed by atoms with Crippen molar-refractivity contribution < 1.29 is 27.8 Å². The van der Waals surface area contributed by atoms with Crippen LogP contribution in [0.5, 0.6) is 5.75 Å². The molecule has 3 aliphatic heterocycles. The first-order valence-electron chi connectivity index (χ1n) is 8.27. The second kappa shape index (κ2) is 5.66. The number of hydrogen-bond donors (Lipinski definition) is 0. The van der Waals surface area contributed by atoms with Gasteiger partial charge in [-0.05, 0) is 18.6 Å². The minimum absolute atomic E-state index is 0.0319. The number of hydrogen-bond acceptors (Lipinski definition) is 4. The lowest BCUT2D eigenvalue weighted by atomic mass is 10.0. The van der Waals surface area contributed by atoms with Gasteiger partial charge in [0.2, 0.25) is 5.91 Å². The highest BCUT2D eigenvalue weighted by atomic mass is 19.2. The zero-order valence-corrected chi connectivity index (χ0v) is 13.8. The number of amides is 2. The summed E-state index contributed by atoms with van der Waals surface area (Å²) >= 11 is 0. The molecule has 0 unspecified atom stereocenters. The lowest BCUT2D eigenvalue weighted by Gasteiger charge is -2.42. The van der Waals surface area contributed by atoms with Gasteiger partial charge in [-0.25, -0.2) is 8.78 Å². The van der Waals surface area contributed by atoms with Crippen LogP contribution in [0.2, 0.25) is 0 Å². The summed E-state index contributed by atoms with van der Waals surface area (Å²) in [6.45, 7) is 1.42. The van der Waals surface area contributed by atoms with Gasteiger partial charge in [-0.2, -0.15) is 0 Å². The maximum absolute atomic E-state index is 14.3. The normalized spacial score (nSPS) is 28.1. The van der Waals surface area contributed by atoms with Crippen LogP contribution in [0.3, 0.4) is 0 Å². The minimum atomic E-state index is -1.24. The molecule has 1 aromatic carbocycles. The van der Waals surface area contributed by atoms with E-state index in [1.54, 1.807) is 4.90 Å². The molecule has 25 heavy (non-hydrogen) atoms. The highest BCUT2D eigenvalue weighted by Crippen LogP contribution is 2.45. The first-order chi connectivity index (χ1) is 12.0. The SMILES string of the molecule is COc1ccc(F)c(F)c1C(=O)N1CC[C@@]23OCCCN2C(=O)C[C@@H]13. The van der Waals surface area contributed by atoms with Gasteiger partial charge in [0.15, 0.2) is 17.4 Å². The fourth-order valence-electron chi connectivity index (χ4n) is 4.24. The van der Waals surface area contributed by atoms with Gasteiger partial charge in [-0.15, -0.1) is 0 Å². The average Bonchev–Trinajstić information content (AvgIpc) is 3.09. The number of methoxy groups -OCH3 is 1. The monoisotopic (exact) mass is 352 g/mol. The maximum atomic E-state index is 14.3. The molecule has 0 radical (unpaired) electrons. The average molecular weight is 352 g/mol. The maximum Gasteiger partial charge on any atom is 0.261 e. The van der Waals surface area contributed by atoms with E-state index >= 15 is 0 Å². The first kappa shape index (κ1) is 16.3. The van der Waals surface area contributed by atoms with E-state index in [1.807, 2.05) is 0 Å². The lowest BCUT2D eigenvalue weighted by Crippen LogP contribution is -2.56. The van der Waals surface area contributed by atoms with Crippen molar-refractivity contribution in [2.24, 2.45) is 0 Å². The Kier molecular flexibility index (Phi) is 3.68. The van der Waals surface area contributed by atoms with E-state index in [2.05, 4.69) is 0 Å². The van der Waals surface area contributed by atoms with Gasteiger partial charge in [0, 0.05) is 19.5 Å². The predicted octanol–water partition coefficient (Wildman–Crippen LogP) is 1.54. The Labute approximate surface area is 143 Å². The molecule has 3 saturated heterocycles. The Balaban J connectivity index is 1.71. The lowest BCUT2D eigenvalue weighted by molar-refractivity contribution is -0.179. The molecule has 0 aliphatic carbocycles. The van der Waals surface area contributed by atoms with E-state index in [0.717, 1.165) is 12.5 Å². The van der Waals surface area contributed by atoms with Crippen LogP contribution in [0.25, 0.3) is 0 Å². The summed E-state index contributed by atoms with van der Waals surface area (Å²) < 4.78 is 38.9. The highest BCUT2D eigenvalue weighted by molar-refractivity contribution is 5.98. The zero-order valence-electron chi connectivity index (χ0n) is 13.8. The number of ether oxygens (including phenoxy) is 2. The van der Waals surface area contributed by atoms with Gasteiger partial charge < -0.3 is 19.3 Å². The number of rotatable bonds is 2. The Morgan fingerprint density at radius 2 is 2.16 bits per heavy atom. The van der Waals surface area contributed by atoms with Crippen molar-refractivity contribution in [3.8, 4) is 5.75 Å². The Bertz CT molecular complexity index is 756. The summed E-state index contributed by atoms with van der Waals surface area (Å²) in [6, 6.07) is 1.64. The van der Waals surface area contributed by atoms with Crippen molar-refractivity contribution in [2.45, 2.75) is 31.0 Å². The molecule has 2 amide bonds. The summed E-state index contributed by atoms with van der Waals surface area (Å²) in [6.07, 6.45) is 1.35. The molecule has 3 aliphatic rings. The quantitative estimate of drug-likeness (QED) is 0.810. The third-order valence-electron chi connectivity index (χ3n) is 5.36. The van der Waals surface area contributed by atoms with Crippen LogP contribution in [0.15, 0.2) is 12.1 Å². The van der Waals surface area contributed by atoms with Gasteiger partial charge >= 0.3 is 0 Å². The van der Waals surface area contributed by atoms with Crippen molar-refractivity contribution in [2.75, 3.05) is 26.8 Å². The highest BCUT2D eigenvalue weighted by Gasteiger charge is 2.61. The van der Waals surface area contributed by atoms with Gasteiger partial charge in [0.1, 0.15) is 11.3 Å². The first-order valence-corrected chi connectivity index (χ1v) is 8.27.